The number of anilines is 1. The maximum Gasteiger partial charge on any atom is 0.254 e. The van der Waals surface area contributed by atoms with Gasteiger partial charge >= 0.3 is 0 Å². The second kappa shape index (κ2) is 7.80. The van der Waals surface area contributed by atoms with Crippen LogP contribution in [-0.4, -0.2) is 53.7 Å². The molecule has 0 bridgehead atoms. The van der Waals surface area contributed by atoms with Crippen LogP contribution >= 0.6 is 11.3 Å². The summed E-state index contributed by atoms with van der Waals surface area (Å²) < 4.78 is 10.8. The Morgan fingerprint density at radius 2 is 1.78 bits per heavy atom. The molecule has 0 atom stereocenters. The van der Waals surface area contributed by atoms with E-state index in [1.165, 1.54) is 0 Å². The number of benzene rings is 2. The van der Waals surface area contributed by atoms with Crippen LogP contribution in [0.4, 0.5) is 5.82 Å². The third-order valence-electron chi connectivity index (χ3n) is 5.85. The lowest BCUT2D eigenvalue weighted by atomic mass is 10.1. The number of ether oxygens (including phenoxy) is 2. The molecule has 1 saturated heterocycles. The molecule has 7 nitrogen and oxygen atoms in total. The number of aromatic nitrogens is 2. The lowest BCUT2D eigenvalue weighted by Crippen LogP contribution is -2.49. The van der Waals surface area contributed by atoms with Crippen molar-refractivity contribution in [1.82, 2.24) is 14.9 Å². The number of rotatable bonds is 3. The molecule has 0 N–H and O–H groups in total. The molecule has 8 heteroatoms. The molecule has 0 unspecified atom stereocenters. The summed E-state index contributed by atoms with van der Waals surface area (Å²) in [6.07, 6.45) is 0. The second-order valence-electron chi connectivity index (χ2n) is 7.75. The molecular formula is C24H20N4O3S. The quantitative estimate of drug-likeness (QED) is 0.475. The molecular weight excluding hydrogens is 424 g/mol. The smallest absolute Gasteiger partial charge is 0.254 e. The summed E-state index contributed by atoms with van der Waals surface area (Å²) in [5, 5.41) is 5.13. The summed E-state index contributed by atoms with van der Waals surface area (Å²) in [6.45, 7) is 2.87. The van der Waals surface area contributed by atoms with Gasteiger partial charge in [-0.15, -0.1) is 0 Å². The Morgan fingerprint density at radius 3 is 2.62 bits per heavy atom. The standard InChI is InChI=1S/C24H20N4O3S/c29-24(16-5-6-20-21(13-16)31-15-30-20)28-10-8-27(9-11-28)23-18-3-1-2-4-19(18)25-22(26-23)17-7-12-32-14-17/h1-7,12-14H,8-11,15H2. The van der Waals surface area contributed by atoms with Crippen LogP contribution in [0.5, 0.6) is 11.5 Å². The van der Waals surface area contributed by atoms with Crippen LogP contribution < -0.4 is 14.4 Å². The number of fused-ring (bicyclic) bond motifs is 2. The molecule has 0 saturated carbocycles. The van der Waals surface area contributed by atoms with Crippen molar-refractivity contribution in [3.63, 3.8) is 0 Å². The Balaban J connectivity index is 1.25. The van der Waals surface area contributed by atoms with Crippen LogP contribution in [0.3, 0.4) is 0 Å². The van der Waals surface area contributed by atoms with Gasteiger partial charge in [0.05, 0.1) is 5.52 Å². The number of piperazine rings is 1. The maximum absolute atomic E-state index is 13.1. The lowest BCUT2D eigenvalue weighted by Gasteiger charge is -2.36. The van der Waals surface area contributed by atoms with Crippen molar-refractivity contribution in [2.45, 2.75) is 0 Å². The van der Waals surface area contributed by atoms with E-state index in [-0.39, 0.29) is 12.7 Å². The first-order chi connectivity index (χ1) is 15.8. The Morgan fingerprint density at radius 1 is 0.938 bits per heavy atom. The van der Waals surface area contributed by atoms with E-state index < -0.39 is 0 Å². The van der Waals surface area contributed by atoms with Gasteiger partial charge in [0.15, 0.2) is 17.3 Å². The van der Waals surface area contributed by atoms with Gasteiger partial charge in [0, 0.05) is 48.1 Å². The Kier molecular flexibility index (Phi) is 4.65. The highest BCUT2D eigenvalue weighted by atomic mass is 32.1. The summed E-state index contributed by atoms with van der Waals surface area (Å²) >= 11 is 1.64. The van der Waals surface area contributed by atoms with E-state index in [0.29, 0.717) is 43.2 Å². The SMILES string of the molecule is O=C(c1ccc2c(c1)OCO2)N1CCN(c2nc(-c3ccsc3)nc3ccccc23)CC1. The fraction of sp³-hybridized carbons (Fsp3) is 0.208. The molecule has 4 heterocycles. The summed E-state index contributed by atoms with van der Waals surface area (Å²) in [4.78, 5) is 26.9. The van der Waals surface area contributed by atoms with Crippen LogP contribution in [0.2, 0.25) is 0 Å². The summed E-state index contributed by atoms with van der Waals surface area (Å²) in [5.41, 5.74) is 2.58. The largest absolute Gasteiger partial charge is 0.454 e. The average molecular weight is 445 g/mol. The number of carbonyl (C=O) groups excluding carboxylic acids is 1. The first kappa shape index (κ1) is 19.1. The molecule has 4 aromatic rings. The van der Waals surface area contributed by atoms with Gasteiger partial charge in [-0.1, -0.05) is 12.1 Å². The summed E-state index contributed by atoms with van der Waals surface area (Å²) in [7, 11) is 0. The number of hydrogen-bond donors (Lipinski definition) is 0. The van der Waals surface area contributed by atoms with Gasteiger partial charge in [0.25, 0.3) is 5.91 Å². The zero-order valence-corrected chi connectivity index (χ0v) is 18.0. The van der Waals surface area contributed by atoms with E-state index in [1.807, 2.05) is 34.5 Å². The third kappa shape index (κ3) is 3.33. The van der Waals surface area contributed by atoms with E-state index >= 15 is 0 Å². The van der Waals surface area contributed by atoms with Crippen molar-refractivity contribution in [1.29, 1.82) is 0 Å². The number of thiophene rings is 1. The summed E-state index contributed by atoms with van der Waals surface area (Å²) in [5.74, 6) is 2.98. The molecule has 0 aliphatic carbocycles. The van der Waals surface area contributed by atoms with Crippen molar-refractivity contribution in [2.24, 2.45) is 0 Å². The molecule has 1 fully saturated rings. The minimum absolute atomic E-state index is 0.00876. The molecule has 1 amide bonds. The van der Waals surface area contributed by atoms with Gasteiger partial charge in [-0.05, 0) is 41.8 Å². The van der Waals surface area contributed by atoms with Crippen molar-refractivity contribution in [3.8, 4) is 22.9 Å². The number of hydrogen-bond acceptors (Lipinski definition) is 7. The molecule has 6 rings (SSSR count). The highest BCUT2D eigenvalue weighted by molar-refractivity contribution is 7.08. The maximum atomic E-state index is 13.1. The van der Waals surface area contributed by atoms with Crippen molar-refractivity contribution in [2.75, 3.05) is 37.9 Å². The highest BCUT2D eigenvalue weighted by Crippen LogP contribution is 2.33. The Hall–Kier alpha value is -3.65. The predicted octanol–water partition coefficient (Wildman–Crippen LogP) is 4.05. The van der Waals surface area contributed by atoms with Gasteiger partial charge in [-0.2, -0.15) is 11.3 Å². The monoisotopic (exact) mass is 444 g/mol. The van der Waals surface area contributed by atoms with Gasteiger partial charge in [0.2, 0.25) is 6.79 Å². The Labute approximate surface area is 188 Å². The fourth-order valence-electron chi connectivity index (χ4n) is 4.16. The van der Waals surface area contributed by atoms with Crippen LogP contribution in [0.15, 0.2) is 59.3 Å². The fourth-order valence-corrected chi connectivity index (χ4v) is 4.79. The first-order valence-corrected chi connectivity index (χ1v) is 11.4. The molecule has 2 aliphatic heterocycles. The van der Waals surface area contributed by atoms with Crippen molar-refractivity contribution in [3.05, 3.63) is 64.9 Å². The topological polar surface area (TPSA) is 67.8 Å². The molecule has 32 heavy (non-hydrogen) atoms. The zero-order valence-electron chi connectivity index (χ0n) is 17.2. The third-order valence-corrected chi connectivity index (χ3v) is 6.53. The van der Waals surface area contributed by atoms with Gasteiger partial charge in [0.1, 0.15) is 5.82 Å². The normalized spacial score (nSPS) is 15.4. The number of amides is 1. The van der Waals surface area contributed by atoms with Gasteiger partial charge < -0.3 is 19.3 Å². The lowest BCUT2D eigenvalue weighted by molar-refractivity contribution is 0.0746. The first-order valence-electron chi connectivity index (χ1n) is 10.5. The van der Waals surface area contributed by atoms with Gasteiger partial charge in [-0.25, -0.2) is 9.97 Å². The van der Waals surface area contributed by atoms with Gasteiger partial charge in [-0.3, -0.25) is 4.79 Å². The van der Waals surface area contributed by atoms with E-state index in [9.17, 15) is 4.79 Å². The van der Waals surface area contributed by atoms with Crippen LogP contribution in [0.1, 0.15) is 10.4 Å². The Bertz CT molecular complexity index is 1300. The number of nitrogens with zero attached hydrogens (tertiary/aromatic N) is 4. The number of carbonyl (C=O) groups is 1. The molecule has 160 valence electrons. The molecule has 2 aliphatic rings. The van der Waals surface area contributed by atoms with Crippen LogP contribution in [0.25, 0.3) is 22.3 Å². The molecule has 0 spiro atoms. The van der Waals surface area contributed by atoms with Crippen LogP contribution in [-0.2, 0) is 0 Å². The minimum Gasteiger partial charge on any atom is -0.454 e. The molecule has 0 radical (unpaired) electrons. The van der Waals surface area contributed by atoms with E-state index in [4.69, 9.17) is 19.4 Å². The van der Waals surface area contributed by atoms with Crippen molar-refractivity contribution < 1.29 is 14.3 Å². The van der Waals surface area contributed by atoms with E-state index in [0.717, 1.165) is 28.1 Å². The molecule has 2 aromatic heterocycles. The minimum atomic E-state index is 0.00876. The molecule has 2 aromatic carbocycles. The average Bonchev–Trinajstić information content (AvgIpc) is 3.55. The zero-order chi connectivity index (χ0) is 21.5. The number of para-hydroxylation sites is 1. The van der Waals surface area contributed by atoms with Crippen molar-refractivity contribution >= 4 is 34.0 Å². The second-order valence-corrected chi connectivity index (χ2v) is 8.53. The van der Waals surface area contributed by atoms with E-state index in [2.05, 4.69) is 16.3 Å². The van der Waals surface area contributed by atoms with E-state index in [1.54, 1.807) is 29.5 Å². The van der Waals surface area contributed by atoms with Crippen LogP contribution in [0, 0.1) is 0 Å². The highest BCUT2D eigenvalue weighted by Gasteiger charge is 2.26. The predicted molar refractivity (Wildman–Crippen MR) is 124 cm³/mol. The summed E-state index contributed by atoms with van der Waals surface area (Å²) in [6, 6.07) is 15.5.